The Morgan fingerprint density at radius 2 is 2.46 bits per heavy atom. The van der Waals surface area contributed by atoms with Crippen molar-refractivity contribution >= 4 is 5.97 Å². The zero-order chi connectivity index (χ0) is 9.84. The van der Waals surface area contributed by atoms with Crippen molar-refractivity contribution in [1.29, 1.82) is 0 Å². The van der Waals surface area contributed by atoms with Crippen molar-refractivity contribution in [3.63, 3.8) is 0 Å². The zero-order valence-electron chi connectivity index (χ0n) is 8.19. The smallest absolute Gasteiger partial charge is 0.334 e. The first-order valence-corrected chi connectivity index (χ1v) is 4.64. The van der Waals surface area contributed by atoms with Crippen LogP contribution in [0, 0.1) is 0 Å². The van der Waals surface area contributed by atoms with Gasteiger partial charge in [-0.2, -0.15) is 0 Å². The van der Waals surface area contributed by atoms with E-state index in [0.717, 1.165) is 19.4 Å². The third-order valence-electron chi connectivity index (χ3n) is 2.65. The molecule has 1 heterocycles. The highest BCUT2D eigenvalue weighted by atomic mass is 16.5. The van der Waals surface area contributed by atoms with Gasteiger partial charge in [0.05, 0.1) is 0 Å². The highest BCUT2D eigenvalue weighted by Gasteiger charge is 2.26. The van der Waals surface area contributed by atoms with Gasteiger partial charge in [-0.05, 0) is 26.3 Å². The van der Waals surface area contributed by atoms with Crippen LogP contribution in [0.15, 0.2) is 0 Å². The van der Waals surface area contributed by atoms with Crippen LogP contribution in [0.2, 0.25) is 0 Å². The molecule has 76 valence electrons. The van der Waals surface area contributed by atoms with Gasteiger partial charge in [0.15, 0.2) is 6.10 Å². The van der Waals surface area contributed by atoms with Gasteiger partial charge in [-0.3, -0.25) is 4.90 Å². The number of aliphatic carboxylic acids is 1. The number of nitrogens with zero attached hydrogens (tertiary/aromatic N) is 1. The molecule has 0 bridgehead atoms. The first-order chi connectivity index (χ1) is 6.15. The van der Waals surface area contributed by atoms with Crippen LogP contribution in [0.25, 0.3) is 0 Å². The Bertz CT molecular complexity index is 184. The minimum absolute atomic E-state index is 0.497. The summed E-state index contributed by atoms with van der Waals surface area (Å²) in [5.74, 6) is -0.874. The highest BCUT2D eigenvalue weighted by molar-refractivity contribution is 5.72. The molecule has 0 saturated carbocycles. The first kappa shape index (κ1) is 10.5. The maximum atomic E-state index is 10.7. The van der Waals surface area contributed by atoms with Crippen LogP contribution in [0.4, 0.5) is 0 Å². The van der Waals surface area contributed by atoms with Crippen LogP contribution in [0.1, 0.15) is 19.8 Å². The molecule has 0 radical (unpaired) electrons. The molecule has 1 aliphatic rings. The van der Waals surface area contributed by atoms with Crippen LogP contribution in [-0.4, -0.2) is 48.3 Å². The van der Waals surface area contributed by atoms with Gasteiger partial charge in [-0.25, -0.2) is 4.79 Å². The molecule has 0 amide bonds. The maximum absolute atomic E-state index is 10.7. The molecular weight excluding hydrogens is 170 g/mol. The molecule has 1 N–H and O–H groups in total. The van der Waals surface area contributed by atoms with Crippen LogP contribution in [-0.2, 0) is 9.53 Å². The van der Waals surface area contributed by atoms with Crippen LogP contribution >= 0.6 is 0 Å². The molecule has 2 atom stereocenters. The van der Waals surface area contributed by atoms with E-state index in [-0.39, 0.29) is 0 Å². The Labute approximate surface area is 78.5 Å². The molecule has 0 aromatic heterocycles. The van der Waals surface area contributed by atoms with E-state index in [1.807, 2.05) is 0 Å². The molecule has 1 rings (SSSR count). The largest absolute Gasteiger partial charge is 0.479 e. The summed E-state index contributed by atoms with van der Waals surface area (Å²) in [4.78, 5) is 12.8. The van der Waals surface area contributed by atoms with Gasteiger partial charge < -0.3 is 9.84 Å². The van der Waals surface area contributed by atoms with E-state index in [1.54, 1.807) is 0 Å². The van der Waals surface area contributed by atoms with Gasteiger partial charge in [0.1, 0.15) is 0 Å². The predicted molar refractivity (Wildman–Crippen MR) is 48.7 cm³/mol. The third kappa shape index (κ3) is 2.67. The van der Waals surface area contributed by atoms with E-state index >= 15 is 0 Å². The fraction of sp³-hybridized carbons (Fsp3) is 0.889. The summed E-state index contributed by atoms with van der Waals surface area (Å²) in [6.07, 6.45) is 1.65. The summed E-state index contributed by atoms with van der Waals surface area (Å²) >= 11 is 0. The molecule has 0 aromatic rings. The number of rotatable bonds is 4. The summed E-state index contributed by atoms with van der Waals surface area (Å²) in [5.41, 5.74) is 0. The molecule has 2 unspecified atom stereocenters. The van der Waals surface area contributed by atoms with Gasteiger partial charge in [0.2, 0.25) is 0 Å². The lowest BCUT2D eigenvalue weighted by Crippen LogP contribution is -2.39. The molecule has 13 heavy (non-hydrogen) atoms. The molecule has 0 spiro atoms. The van der Waals surface area contributed by atoms with E-state index in [9.17, 15) is 4.79 Å². The molecule has 1 saturated heterocycles. The molecule has 4 heteroatoms. The lowest BCUT2D eigenvalue weighted by molar-refractivity contribution is -0.149. The quantitative estimate of drug-likeness (QED) is 0.699. The van der Waals surface area contributed by atoms with Gasteiger partial charge in [-0.15, -0.1) is 0 Å². The van der Waals surface area contributed by atoms with Crippen molar-refractivity contribution in [2.75, 3.05) is 20.2 Å². The van der Waals surface area contributed by atoms with Crippen molar-refractivity contribution < 1.29 is 14.6 Å². The van der Waals surface area contributed by atoms with Crippen molar-refractivity contribution in [3.8, 4) is 0 Å². The van der Waals surface area contributed by atoms with Crippen LogP contribution in [0.5, 0.6) is 0 Å². The molecular formula is C9H17NO3. The van der Waals surface area contributed by atoms with E-state index in [2.05, 4.69) is 11.8 Å². The fourth-order valence-electron chi connectivity index (χ4n) is 1.73. The molecule has 4 nitrogen and oxygen atoms in total. The predicted octanol–water partition coefficient (Wildman–Crippen LogP) is 0.570. The van der Waals surface area contributed by atoms with Gasteiger partial charge in [0.25, 0.3) is 0 Å². The number of methoxy groups -OCH3 is 1. The summed E-state index contributed by atoms with van der Waals surface area (Å²) in [5, 5.41) is 8.77. The average Bonchev–Trinajstić information content (AvgIpc) is 2.46. The van der Waals surface area contributed by atoms with Crippen LogP contribution < -0.4 is 0 Å². The second kappa shape index (κ2) is 4.58. The monoisotopic (exact) mass is 187 g/mol. The normalized spacial score (nSPS) is 26.2. The van der Waals surface area contributed by atoms with E-state index in [0.29, 0.717) is 12.6 Å². The van der Waals surface area contributed by atoms with E-state index < -0.39 is 12.1 Å². The highest BCUT2D eigenvalue weighted by Crippen LogP contribution is 2.16. The molecule has 0 aromatic carbocycles. The minimum atomic E-state index is -0.874. The Balaban J connectivity index is 2.41. The molecule has 1 fully saturated rings. The maximum Gasteiger partial charge on any atom is 0.334 e. The standard InChI is InChI=1S/C9H17NO3/c1-7-4-3-5-10(7)6-8(13-2)9(11)12/h7-8H,3-6H2,1-2H3,(H,11,12). The number of likely N-dealkylation sites (tertiary alicyclic amines) is 1. The average molecular weight is 187 g/mol. The van der Waals surface area contributed by atoms with Crippen molar-refractivity contribution in [2.24, 2.45) is 0 Å². The number of carboxylic acids is 1. The number of hydrogen-bond acceptors (Lipinski definition) is 3. The van der Waals surface area contributed by atoms with Gasteiger partial charge >= 0.3 is 5.97 Å². The molecule has 1 aliphatic heterocycles. The third-order valence-corrected chi connectivity index (χ3v) is 2.65. The zero-order valence-corrected chi connectivity index (χ0v) is 8.19. The SMILES string of the molecule is COC(CN1CCCC1C)C(=O)O. The summed E-state index contributed by atoms with van der Waals surface area (Å²) in [6, 6.07) is 0.497. The van der Waals surface area contributed by atoms with E-state index in [4.69, 9.17) is 9.84 Å². The lowest BCUT2D eigenvalue weighted by atomic mass is 10.2. The first-order valence-electron chi connectivity index (χ1n) is 4.64. The van der Waals surface area contributed by atoms with Crippen LogP contribution in [0.3, 0.4) is 0 Å². The van der Waals surface area contributed by atoms with Crippen molar-refractivity contribution in [3.05, 3.63) is 0 Å². The number of carboxylic acid groups (broad SMARTS) is 1. The van der Waals surface area contributed by atoms with Crippen molar-refractivity contribution in [2.45, 2.75) is 31.9 Å². The Kier molecular flexibility index (Phi) is 3.69. The summed E-state index contributed by atoms with van der Waals surface area (Å²) in [7, 11) is 1.44. The topological polar surface area (TPSA) is 49.8 Å². The Hall–Kier alpha value is -0.610. The lowest BCUT2D eigenvalue weighted by Gasteiger charge is -2.23. The number of carbonyl (C=O) groups is 1. The Morgan fingerprint density at radius 3 is 2.85 bits per heavy atom. The molecule has 0 aliphatic carbocycles. The van der Waals surface area contributed by atoms with Gasteiger partial charge in [-0.1, -0.05) is 0 Å². The number of hydrogen-bond donors (Lipinski definition) is 1. The Morgan fingerprint density at radius 1 is 1.77 bits per heavy atom. The number of ether oxygens (including phenoxy) is 1. The summed E-state index contributed by atoms with van der Waals surface area (Å²) in [6.45, 7) is 3.63. The fourth-order valence-corrected chi connectivity index (χ4v) is 1.73. The van der Waals surface area contributed by atoms with Crippen molar-refractivity contribution in [1.82, 2.24) is 4.90 Å². The minimum Gasteiger partial charge on any atom is -0.479 e. The van der Waals surface area contributed by atoms with E-state index in [1.165, 1.54) is 7.11 Å². The summed E-state index contributed by atoms with van der Waals surface area (Å²) < 4.78 is 4.88. The second-order valence-corrected chi connectivity index (χ2v) is 3.55. The van der Waals surface area contributed by atoms with Gasteiger partial charge in [0, 0.05) is 19.7 Å². The second-order valence-electron chi connectivity index (χ2n) is 3.55.